The first-order valence-electron chi connectivity index (χ1n) is 6.69. The van der Waals surface area contributed by atoms with Crippen LogP contribution in [0.15, 0.2) is 47.5 Å². The molecular formula is C15H16N4O3. The highest BCUT2D eigenvalue weighted by Gasteiger charge is 2.06. The third-order valence-electron chi connectivity index (χ3n) is 3.00. The van der Waals surface area contributed by atoms with Gasteiger partial charge in [0.25, 0.3) is 5.91 Å². The Morgan fingerprint density at radius 1 is 1.27 bits per heavy atom. The molecule has 0 aliphatic carbocycles. The van der Waals surface area contributed by atoms with Gasteiger partial charge >= 0.3 is 5.69 Å². The van der Waals surface area contributed by atoms with E-state index >= 15 is 0 Å². The fraction of sp³-hybridized carbons (Fsp3) is 0.200. The lowest BCUT2D eigenvalue weighted by Gasteiger charge is -2.08. The van der Waals surface area contributed by atoms with E-state index in [0.29, 0.717) is 5.56 Å². The van der Waals surface area contributed by atoms with E-state index in [1.807, 2.05) is 6.07 Å². The van der Waals surface area contributed by atoms with Crippen molar-refractivity contribution in [2.24, 2.45) is 0 Å². The summed E-state index contributed by atoms with van der Waals surface area (Å²) in [4.78, 5) is 38.4. The van der Waals surface area contributed by atoms with Crippen LogP contribution >= 0.6 is 0 Å². The maximum absolute atomic E-state index is 11.8. The Kier molecular flexibility index (Phi) is 5.02. The van der Waals surface area contributed by atoms with E-state index in [9.17, 15) is 14.4 Å². The van der Waals surface area contributed by atoms with E-state index in [1.54, 1.807) is 31.3 Å². The smallest absolute Gasteiger partial charge is 0.347 e. The van der Waals surface area contributed by atoms with Crippen LogP contribution in [0.3, 0.4) is 0 Å². The molecule has 0 unspecified atom stereocenters. The van der Waals surface area contributed by atoms with E-state index < -0.39 is 5.69 Å². The first-order valence-corrected chi connectivity index (χ1v) is 6.69. The normalized spacial score (nSPS) is 10.0. The molecule has 0 bridgehead atoms. The zero-order chi connectivity index (χ0) is 15.9. The molecule has 0 atom stereocenters. The highest BCUT2D eigenvalue weighted by molar-refractivity contribution is 5.94. The summed E-state index contributed by atoms with van der Waals surface area (Å²) in [5.41, 5.74) is 0.852. The zero-order valence-electron chi connectivity index (χ0n) is 12.1. The van der Waals surface area contributed by atoms with Crippen LogP contribution in [0.25, 0.3) is 0 Å². The monoisotopic (exact) mass is 300 g/mol. The fourth-order valence-corrected chi connectivity index (χ4v) is 1.89. The molecule has 2 N–H and O–H groups in total. The van der Waals surface area contributed by atoms with E-state index in [2.05, 4.69) is 15.6 Å². The number of hydrogen-bond acceptors (Lipinski definition) is 4. The second-order valence-electron chi connectivity index (χ2n) is 4.59. The van der Waals surface area contributed by atoms with Crippen LogP contribution in [0, 0.1) is 0 Å². The van der Waals surface area contributed by atoms with Crippen molar-refractivity contribution in [1.82, 2.24) is 20.2 Å². The molecule has 22 heavy (non-hydrogen) atoms. The van der Waals surface area contributed by atoms with Gasteiger partial charge in [-0.1, -0.05) is 12.1 Å². The lowest BCUT2D eigenvalue weighted by molar-refractivity contribution is -0.121. The lowest BCUT2D eigenvalue weighted by Crippen LogP contribution is -2.32. The topological polar surface area (TPSA) is 93.1 Å². The van der Waals surface area contributed by atoms with Gasteiger partial charge in [-0.05, 0) is 23.8 Å². The van der Waals surface area contributed by atoms with Crippen molar-refractivity contribution in [2.75, 3.05) is 7.05 Å². The van der Waals surface area contributed by atoms with Crippen LogP contribution in [0.5, 0.6) is 0 Å². The van der Waals surface area contributed by atoms with Gasteiger partial charge in [-0.25, -0.2) is 9.78 Å². The van der Waals surface area contributed by atoms with E-state index in [0.717, 1.165) is 5.56 Å². The van der Waals surface area contributed by atoms with Crippen molar-refractivity contribution >= 4 is 11.8 Å². The van der Waals surface area contributed by atoms with Gasteiger partial charge < -0.3 is 10.6 Å². The Hall–Kier alpha value is -2.96. The van der Waals surface area contributed by atoms with Gasteiger partial charge in [0.05, 0.1) is 0 Å². The summed E-state index contributed by atoms with van der Waals surface area (Å²) in [7, 11) is 1.56. The minimum atomic E-state index is -0.473. The second-order valence-corrected chi connectivity index (χ2v) is 4.59. The number of nitrogens with one attached hydrogen (secondary N) is 2. The molecule has 2 rings (SSSR count). The van der Waals surface area contributed by atoms with Crippen molar-refractivity contribution in [3.63, 3.8) is 0 Å². The van der Waals surface area contributed by atoms with Crippen molar-refractivity contribution in [2.45, 2.75) is 13.1 Å². The van der Waals surface area contributed by atoms with Gasteiger partial charge in [0.15, 0.2) is 0 Å². The molecule has 1 aromatic heterocycles. The van der Waals surface area contributed by atoms with Crippen LogP contribution in [0.2, 0.25) is 0 Å². The Balaban J connectivity index is 1.95. The number of carbonyl (C=O) groups excluding carboxylic acids is 2. The molecule has 0 aliphatic rings. The number of amides is 2. The third kappa shape index (κ3) is 4.02. The average Bonchev–Trinajstić information content (AvgIpc) is 2.54. The standard InChI is InChI=1S/C15H16N4O3/c1-16-14(21)12-5-2-4-11(8-12)9-18-13(20)10-19-7-3-6-17-15(19)22/h2-8H,9-10H2,1H3,(H,16,21)(H,18,20). The quantitative estimate of drug-likeness (QED) is 0.807. The van der Waals surface area contributed by atoms with Crippen LogP contribution in [0.4, 0.5) is 0 Å². The Morgan fingerprint density at radius 3 is 2.82 bits per heavy atom. The maximum atomic E-state index is 11.8. The molecule has 0 radical (unpaired) electrons. The van der Waals surface area contributed by atoms with Crippen molar-refractivity contribution in [3.8, 4) is 0 Å². The molecule has 2 amide bonds. The van der Waals surface area contributed by atoms with Gasteiger partial charge in [-0.15, -0.1) is 0 Å². The van der Waals surface area contributed by atoms with Crippen molar-refractivity contribution < 1.29 is 9.59 Å². The number of hydrogen-bond donors (Lipinski definition) is 2. The van der Waals surface area contributed by atoms with Gasteiger partial charge in [-0.3, -0.25) is 14.2 Å². The summed E-state index contributed by atoms with van der Waals surface area (Å²) in [6.07, 6.45) is 2.88. The van der Waals surface area contributed by atoms with E-state index in [-0.39, 0.29) is 24.9 Å². The predicted octanol–water partition coefficient (Wildman–Crippen LogP) is -0.0807. The van der Waals surface area contributed by atoms with Gasteiger partial charge in [0.2, 0.25) is 5.91 Å². The van der Waals surface area contributed by atoms with Gasteiger partial charge in [0.1, 0.15) is 6.54 Å². The predicted molar refractivity (Wildman–Crippen MR) is 80.2 cm³/mol. The molecule has 1 heterocycles. The summed E-state index contributed by atoms with van der Waals surface area (Å²) in [5.74, 6) is -0.490. The molecule has 1 aromatic carbocycles. The number of rotatable bonds is 5. The summed E-state index contributed by atoms with van der Waals surface area (Å²) >= 11 is 0. The molecule has 0 spiro atoms. The summed E-state index contributed by atoms with van der Waals surface area (Å²) < 4.78 is 1.22. The molecule has 7 heteroatoms. The second kappa shape index (κ2) is 7.16. The largest absolute Gasteiger partial charge is 0.355 e. The number of benzene rings is 1. The van der Waals surface area contributed by atoms with E-state index in [1.165, 1.54) is 17.0 Å². The molecular weight excluding hydrogens is 284 g/mol. The number of nitrogens with zero attached hydrogens (tertiary/aromatic N) is 2. The van der Waals surface area contributed by atoms with Crippen molar-refractivity contribution in [1.29, 1.82) is 0 Å². The number of aromatic nitrogens is 2. The minimum Gasteiger partial charge on any atom is -0.355 e. The Bertz CT molecular complexity index is 739. The lowest BCUT2D eigenvalue weighted by atomic mass is 10.1. The third-order valence-corrected chi connectivity index (χ3v) is 3.00. The molecule has 0 fully saturated rings. The summed E-state index contributed by atoms with van der Waals surface area (Å²) in [5, 5.41) is 5.24. The maximum Gasteiger partial charge on any atom is 0.347 e. The van der Waals surface area contributed by atoms with Gasteiger partial charge in [0, 0.05) is 31.5 Å². The Morgan fingerprint density at radius 2 is 2.09 bits per heavy atom. The van der Waals surface area contributed by atoms with Crippen LogP contribution in [-0.4, -0.2) is 28.4 Å². The highest BCUT2D eigenvalue weighted by atomic mass is 16.2. The molecule has 114 valence electrons. The molecule has 7 nitrogen and oxygen atoms in total. The molecule has 0 saturated heterocycles. The molecule has 2 aromatic rings. The summed E-state index contributed by atoms with van der Waals surface area (Å²) in [6.45, 7) is 0.181. The SMILES string of the molecule is CNC(=O)c1cccc(CNC(=O)Cn2cccnc2=O)c1. The Labute approximate surface area is 127 Å². The fourth-order valence-electron chi connectivity index (χ4n) is 1.89. The minimum absolute atomic E-state index is 0.0954. The first kappa shape index (κ1) is 15.4. The van der Waals surface area contributed by atoms with E-state index in [4.69, 9.17) is 0 Å². The van der Waals surface area contributed by atoms with Gasteiger partial charge in [-0.2, -0.15) is 0 Å². The highest BCUT2D eigenvalue weighted by Crippen LogP contribution is 2.05. The molecule has 0 saturated carbocycles. The van der Waals surface area contributed by atoms with Crippen LogP contribution in [0.1, 0.15) is 15.9 Å². The zero-order valence-corrected chi connectivity index (χ0v) is 12.1. The van der Waals surface area contributed by atoms with Crippen LogP contribution in [-0.2, 0) is 17.9 Å². The average molecular weight is 300 g/mol. The molecule has 0 aliphatic heterocycles. The summed E-state index contributed by atoms with van der Waals surface area (Å²) in [6, 6.07) is 8.54. The first-order chi connectivity index (χ1) is 10.6. The number of carbonyl (C=O) groups is 2. The van der Waals surface area contributed by atoms with Crippen molar-refractivity contribution in [3.05, 3.63) is 64.3 Å². The van der Waals surface area contributed by atoms with Crippen LogP contribution < -0.4 is 16.3 Å².